The third-order valence-electron chi connectivity index (χ3n) is 2.93. The van der Waals surface area contributed by atoms with Crippen LogP contribution in [0.1, 0.15) is 48.5 Å². The monoisotopic (exact) mass is 572 g/mol. The number of nitrogens with one attached hydrogen (secondary N) is 3. The lowest BCUT2D eigenvalue weighted by Gasteiger charge is -2.13. The van der Waals surface area contributed by atoms with E-state index in [9.17, 15) is 28.8 Å². The van der Waals surface area contributed by atoms with Crippen LogP contribution in [0.25, 0.3) is 0 Å². The molecule has 16 heteroatoms. The number of esters is 1. The van der Waals surface area contributed by atoms with Crippen LogP contribution in [-0.4, -0.2) is 103 Å². The summed E-state index contributed by atoms with van der Waals surface area (Å²) in [6.07, 6.45) is -1.26. The van der Waals surface area contributed by atoms with E-state index in [4.69, 9.17) is 9.84 Å². The van der Waals surface area contributed by atoms with Gasteiger partial charge in [-0.3, -0.25) is 4.79 Å². The van der Waals surface area contributed by atoms with Crippen molar-refractivity contribution < 1.29 is 57.6 Å². The van der Waals surface area contributed by atoms with E-state index in [2.05, 4.69) is 39.9 Å². The predicted octanol–water partition coefficient (Wildman–Crippen LogP) is 1.74. The molecule has 0 heterocycles. The molecule has 0 rings (SSSR count). The van der Waals surface area contributed by atoms with Crippen LogP contribution in [0, 0.1) is 5.92 Å². The topological polar surface area (TPSA) is 217 Å². The normalized spacial score (nSPS) is 8.67. The summed E-state index contributed by atoms with van der Waals surface area (Å²) < 4.78 is 22.0. The quantitative estimate of drug-likeness (QED) is 0.102. The van der Waals surface area contributed by atoms with E-state index in [1.165, 1.54) is 34.5 Å². The number of nitrogens with zero attached hydrogens (tertiary/aromatic N) is 1. The van der Waals surface area contributed by atoms with Gasteiger partial charge in [-0.1, -0.05) is 41.5 Å². The number of hydrogen-bond donors (Lipinski definition) is 4. The molecule has 0 aliphatic carbocycles. The number of aliphatic hydroxyl groups excluding tert-OH is 1. The smallest absolute Gasteiger partial charge is 0.408 e. The van der Waals surface area contributed by atoms with E-state index in [1.54, 1.807) is 20.8 Å². The number of aliphatic imine (C=N–C) groups is 1. The first-order valence-electron chi connectivity index (χ1n) is 11.7. The van der Waals surface area contributed by atoms with E-state index in [0.717, 1.165) is 7.11 Å². The first-order valence-corrected chi connectivity index (χ1v) is 11.7. The number of carbonyl (C=O) groups excluding carboxylic acids is 6. The lowest BCUT2D eigenvalue weighted by Crippen LogP contribution is -2.36. The summed E-state index contributed by atoms with van der Waals surface area (Å²) in [7, 11) is 6.08. The van der Waals surface area contributed by atoms with Gasteiger partial charge < -0.3 is 44.7 Å². The van der Waals surface area contributed by atoms with Crippen LogP contribution in [0.4, 0.5) is 14.4 Å². The van der Waals surface area contributed by atoms with E-state index in [-0.39, 0.29) is 31.6 Å². The van der Waals surface area contributed by atoms with Crippen LogP contribution in [0.3, 0.4) is 0 Å². The van der Waals surface area contributed by atoms with Crippen molar-refractivity contribution in [2.24, 2.45) is 10.9 Å². The molecule has 4 N–H and O–H groups in total. The number of amides is 3. The number of carbonyl (C=O) groups is 5. The average Bonchev–Trinajstić information content (AvgIpc) is 2.96. The van der Waals surface area contributed by atoms with Crippen LogP contribution in [0.2, 0.25) is 0 Å². The number of Topliss-reactive ketones (excluding diaryl/α,β-unsaturated/α-hetero) is 1. The number of ketones is 1. The maximum atomic E-state index is 11.3. The molecule has 39 heavy (non-hydrogen) atoms. The second kappa shape index (κ2) is 41.4. The van der Waals surface area contributed by atoms with Crippen LogP contribution in [0.5, 0.6) is 0 Å². The second-order valence-electron chi connectivity index (χ2n) is 5.71. The van der Waals surface area contributed by atoms with Gasteiger partial charge in [-0.05, 0) is 6.92 Å². The second-order valence-corrected chi connectivity index (χ2v) is 5.71. The molecule has 0 aliphatic heterocycles. The Balaban J connectivity index is -0.0000000962. The largest absolute Gasteiger partial charge is 0.453 e. The highest BCUT2D eigenvalue weighted by atomic mass is 16.6. The minimum absolute atomic E-state index is 0.0145. The average molecular weight is 573 g/mol. The van der Waals surface area contributed by atoms with Gasteiger partial charge in [0.2, 0.25) is 6.08 Å². The predicted molar refractivity (Wildman–Crippen MR) is 143 cm³/mol. The van der Waals surface area contributed by atoms with Gasteiger partial charge >= 0.3 is 24.2 Å². The molecule has 0 saturated carbocycles. The van der Waals surface area contributed by atoms with Crippen molar-refractivity contribution in [3.63, 3.8) is 0 Å². The van der Waals surface area contributed by atoms with E-state index in [1.807, 2.05) is 27.7 Å². The molecule has 3 amide bonds. The lowest BCUT2D eigenvalue weighted by atomic mass is 10.1. The zero-order chi connectivity index (χ0) is 32.2. The highest BCUT2D eigenvalue weighted by molar-refractivity contribution is 5.86. The molecule has 0 bridgehead atoms. The summed E-state index contributed by atoms with van der Waals surface area (Å²) in [5.41, 5.74) is 0. The molecular formula is C23H48N4O12. The number of hydrogen-bond acceptors (Lipinski definition) is 13. The van der Waals surface area contributed by atoms with Gasteiger partial charge in [-0.15, -0.1) is 0 Å². The molecule has 0 aromatic heterocycles. The number of rotatable bonds is 9. The maximum absolute atomic E-state index is 11.3. The molecule has 1 unspecified atom stereocenters. The highest BCUT2D eigenvalue weighted by Crippen LogP contribution is 2.03. The summed E-state index contributed by atoms with van der Waals surface area (Å²) in [4.78, 5) is 65.5. The van der Waals surface area contributed by atoms with Crippen molar-refractivity contribution in [2.45, 2.75) is 54.6 Å². The number of isocyanates is 1. The van der Waals surface area contributed by atoms with E-state index >= 15 is 0 Å². The molecule has 1 atom stereocenters. The Bertz CT molecular complexity index is 639. The molecule has 0 spiro atoms. The van der Waals surface area contributed by atoms with Crippen LogP contribution >= 0.6 is 0 Å². The Morgan fingerprint density at radius 3 is 1.46 bits per heavy atom. The standard InChI is InChI=1S/C9H16O4.C5H10N2O4.C4H6N2O3.2C2H6.CH4O/c1-6(2)9(11)7(3)13-8(10)5-12-4;1-10-4(8)6-3-7-5(9)11-2;1-9-4(8)6-2-5-3-7;3*1-2/h6-7H,5H2,1-4H3;3H2,1-2H3,(H,6,8)(H,7,9);2H2,1H3,(H,6,8);2*1-2H3;2H,1H3. The SMILES string of the molecule is CC.CC.CO.COC(=O)NCN=C=O.COC(=O)NCNC(=O)OC.COCC(=O)OC(C)C(=O)C(C)C. The molecule has 0 saturated heterocycles. The Labute approximate surface area is 231 Å². The molecule has 16 nitrogen and oxygen atoms in total. The van der Waals surface area contributed by atoms with Gasteiger partial charge in [0, 0.05) is 20.1 Å². The van der Waals surface area contributed by atoms with Gasteiger partial charge in [-0.25, -0.2) is 24.0 Å². The van der Waals surface area contributed by atoms with Crippen LogP contribution in [0.15, 0.2) is 4.99 Å². The van der Waals surface area contributed by atoms with Crippen molar-refractivity contribution in [1.29, 1.82) is 0 Å². The maximum Gasteiger partial charge on any atom is 0.408 e. The minimum Gasteiger partial charge on any atom is -0.453 e. The Hall–Kier alpha value is -3.75. The summed E-state index contributed by atoms with van der Waals surface area (Å²) in [6, 6.07) is 0. The minimum atomic E-state index is -0.678. The molecule has 0 radical (unpaired) electrons. The van der Waals surface area contributed by atoms with Gasteiger partial charge in [0.15, 0.2) is 11.9 Å². The summed E-state index contributed by atoms with van der Waals surface area (Å²) in [6.45, 7) is 12.9. The molecule has 0 aromatic carbocycles. The van der Waals surface area contributed by atoms with Gasteiger partial charge in [0.05, 0.1) is 28.0 Å². The fraction of sp³-hybridized carbons (Fsp3) is 0.739. The molecule has 0 fully saturated rings. The van der Waals surface area contributed by atoms with Crippen LogP contribution < -0.4 is 16.0 Å². The lowest BCUT2D eigenvalue weighted by molar-refractivity contribution is -0.158. The Morgan fingerprint density at radius 2 is 1.15 bits per heavy atom. The van der Waals surface area contributed by atoms with Crippen molar-refractivity contribution in [1.82, 2.24) is 16.0 Å². The van der Waals surface area contributed by atoms with Gasteiger partial charge in [-0.2, -0.15) is 4.99 Å². The number of aliphatic hydroxyl groups is 1. The summed E-state index contributed by atoms with van der Waals surface area (Å²) in [5, 5.41) is 13.6. The fourth-order valence-corrected chi connectivity index (χ4v) is 1.42. The van der Waals surface area contributed by atoms with Crippen molar-refractivity contribution >= 4 is 36.1 Å². The zero-order valence-electron chi connectivity index (χ0n) is 25.2. The first-order chi connectivity index (χ1) is 18.5. The van der Waals surface area contributed by atoms with Crippen molar-refractivity contribution in [2.75, 3.05) is 55.5 Å². The highest BCUT2D eigenvalue weighted by Gasteiger charge is 2.19. The molecular weight excluding hydrogens is 524 g/mol. The number of ether oxygens (including phenoxy) is 5. The number of methoxy groups -OCH3 is 4. The summed E-state index contributed by atoms with van der Waals surface area (Å²) >= 11 is 0. The first kappa shape index (κ1) is 48.3. The Kier molecular flexibility index (Phi) is 51.3. The number of alkyl carbamates (subject to hydrolysis) is 3. The molecule has 0 aromatic rings. The zero-order valence-corrected chi connectivity index (χ0v) is 25.2. The Morgan fingerprint density at radius 1 is 0.769 bits per heavy atom. The van der Waals surface area contributed by atoms with E-state index in [0.29, 0.717) is 0 Å². The van der Waals surface area contributed by atoms with E-state index < -0.39 is 30.4 Å². The van der Waals surface area contributed by atoms with Gasteiger partial charge in [0.25, 0.3) is 0 Å². The fourth-order valence-electron chi connectivity index (χ4n) is 1.42. The van der Waals surface area contributed by atoms with Crippen molar-refractivity contribution in [3.8, 4) is 0 Å². The third kappa shape index (κ3) is 44.6. The third-order valence-corrected chi connectivity index (χ3v) is 2.93. The van der Waals surface area contributed by atoms with Gasteiger partial charge in [0.1, 0.15) is 13.3 Å². The van der Waals surface area contributed by atoms with Crippen LogP contribution in [-0.2, 0) is 38.1 Å². The van der Waals surface area contributed by atoms with Crippen molar-refractivity contribution in [3.05, 3.63) is 0 Å². The molecule has 232 valence electrons. The summed E-state index contributed by atoms with van der Waals surface area (Å²) in [5.74, 6) is -0.709. The molecule has 0 aliphatic rings.